The standard InChI is InChI=1S/C14H30N2/c1-5-12(2)13(11-15)16-9-6-7-14(3,4)8-10-16/h12-13H,5-11,15H2,1-4H3. The van der Waals surface area contributed by atoms with Crippen LogP contribution in [0.25, 0.3) is 0 Å². The lowest BCUT2D eigenvalue weighted by atomic mass is 9.85. The minimum absolute atomic E-state index is 0.531. The van der Waals surface area contributed by atoms with Crippen molar-refractivity contribution in [3.05, 3.63) is 0 Å². The molecule has 2 heteroatoms. The summed E-state index contributed by atoms with van der Waals surface area (Å²) >= 11 is 0. The van der Waals surface area contributed by atoms with E-state index in [1.165, 1.54) is 38.8 Å². The number of rotatable bonds is 4. The minimum Gasteiger partial charge on any atom is -0.329 e. The zero-order valence-electron chi connectivity index (χ0n) is 11.6. The highest BCUT2D eigenvalue weighted by molar-refractivity contribution is 4.83. The number of likely N-dealkylation sites (tertiary alicyclic amines) is 1. The molecule has 0 amide bonds. The molecule has 16 heavy (non-hydrogen) atoms. The zero-order valence-corrected chi connectivity index (χ0v) is 11.6. The zero-order chi connectivity index (χ0) is 12.2. The van der Waals surface area contributed by atoms with Gasteiger partial charge in [-0.1, -0.05) is 34.1 Å². The van der Waals surface area contributed by atoms with Crippen LogP contribution < -0.4 is 5.73 Å². The molecule has 2 N–H and O–H groups in total. The van der Waals surface area contributed by atoms with Crippen LogP contribution >= 0.6 is 0 Å². The fourth-order valence-corrected chi connectivity index (χ4v) is 2.79. The average Bonchev–Trinajstić information content (AvgIpc) is 2.41. The number of hydrogen-bond donors (Lipinski definition) is 1. The van der Waals surface area contributed by atoms with Gasteiger partial charge < -0.3 is 5.73 Å². The van der Waals surface area contributed by atoms with Gasteiger partial charge in [0.2, 0.25) is 0 Å². The van der Waals surface area contributed by atoms with Crippen LogP contribution in [0, 0.1) is 11.3 Å². The van der Waals surface area contributed by atoms with Gasteiger partial charge in [0, 0.05) is 12.6 Å². The molecule has 1 rings (SSSR count). The molecule has 0 radical (unpaired) electrons. The van der Waals surface area contributed by atoms with Crippen molar-refractivity contribution in [3.63, 3.8) is 0 Å². The van der Waals surface area contributed by atoms with Crippen molar-refractivity contribution in [3.8, 4) is 0 Å². The second kappa shape index (κ2) is 6.02. The maximum atomic E-state index is 5.96. The SMILES string of the molecule is CCC(C)C(CN)N1CCCC(C)(C)CC1. The third kappa shape index (κ3) is 3.74. The van der Waals surface area contributed by atoms with Crippen LogP contribution in [0.4, 0.5) is 0 Å². The Hall–Kier alpha value is -0.0800. The lowest BCUT2D eigenvalue weighted by molar-refractivity contribution is 0.150. The van der Waals surface area contributed by atoms with Crippen molar-refractivity contribution >= 4 is 0 Å². The maximum absolute atomic E-state index is 5.96. The van der Waals surface area contributed by atoms with Gasteiger partial charge in [0.25, 0.3) is 0 Å². The molecule has 2 unspecified atom stereocenters. The second-order valence-electron chi connectivity index (χ2n) is 6.24. The number of hydrogen-bond acceptors (Lipinski definition) is 2. The lowest BCUT2D eigenvalue weighted by Gasteiger charge is -2.34. The predicted octanol–water partition coefficient (Wildman–Crippen LogP) is 2.87. The summed E-state index contributed by atoms with van der Waals surface area (Å²) in [5.41, 5.74) is 6.49. The Morgan fingerprint density at radius 3 is 2.50 bits per heavy atom. The summed E-state index contributed by atoms with van der Waals surface area (Å²) in [7, 11) is 0. The van der Waals surface area contributed by atoms with E-state index >= 15 is 0 Å². The molecule has 0 spiro atoms. The lowest BCUT2D eigenvalue weighted by Crippen LogP contribution is -2.45. The average molecular weight is 226 g/mol. The maximum Gasteiger partial charge on any atom is 0.0243 e. The molecule has 1 heterocycles. The van der Waals surface area contributed by atoms with Gasteiger partial charge in [0.05, 0.1) is 0 Å². The third-order valence-electron chi connectivity index (χ3n) is 4.39. The molecule has 2 nitrogen and oxygen atoms in total. The van der Waals surface area contributed by atoms with Gasteiger partial charge in [-0.15, -0.1) is 0 Å². The first-order valence-electron chi connectivity index (χ1n) is 6.94. The van der Waals surface area contributed by atoms with Crippen molar-refractivity contribution in [1.82, 2.24) is 4.90 Å². The molecule has 1 aliphatic rings. The molecule has 0 aromatic rings. The van der Waals surface area contributed by atoms with E-state index in [1.54, 1.807) is 0 Å². The van der Waals surface area contributed by atoms with Crippen LogP contribution in [-0.4, -0.2) is 30.6 Å². The first-order chi connectivity index (χ1) is 7.50. The Bertz CT molecular complexity index is 201. The largest absolute Gasteiger partial charge is 0.329 e. The molecular formula is C14H30N2. The number of nitrogens with two attached hydrogens (primary N) is 1. The Kier molecular flexibility index (Phi) is 5.26. The van der Waals surface area contributed by atoms with Crippen molar-refractivity contribution in [2.45, 2.75) is 59.4 Å². The Balaban J connectivity index is 2.58. The van der Waals surface area contributed by atoms with E-state index in [1.807, 2.05) is 0 Å². The fraction of sp³-hybridized carbons (Fsp3) is 1.00. The molecule has 0 aromatic heterocycles. The van der Waals surface area contributed by atoms with Gasteiger partial charge in [-0.2, -0.15) is 0 Å². The summed E-state index contributed by atoms with van der Waals surface area (Å²) in [5, 5.41) is 0. The van der Waals surface area contributed by atoms with Crippen LogP contribution in [0.2, 0.25) is 0 Å². The van der Waals surface area contributed by atoms with E-state index in [0.717, 1.165) is 12.5 Å². The summed E-state index contributed by atoms with van der Waals surface area (Å²) in [6.07, 6.45) is 5.25. The molecule has 1 fully saturated rings. The summed E-state index contributed by atoms with van der Waals surface area (Å²) in [6.45, 7) is 12.7. The molecule has 0 aromatic carbocycles. The van der Waals surface area contributed by atoms with E-state index < -0.39 is 0 Å². The van der Waals surface area contributed by atoms with Crippen molar-refractivity contribution in [2.75, 3.05) is 19.6 Å². The molecule has 0 bridgehead atoms. The Morgan fingerprint density at radius 1 is 1.25 bits per heavy atom. The van der Waals surface area contributed by atoms with Gasteiger partial charge in [0.1, 0.15) is 0 Å². The van der Waals surface area contributed by atoms with Crippen molar-refractivity contribution in [2.24, 2.45) is 17.1 Å². The van der Waals surface area contributed by atoms with E-state index in [2.05, 4.69) is 32.6 Å². The quantitative estimate of drug-likeness (QED) is 0.798. The smallest absolute Gasteiger partial charge is 0.0243 e. The molecular weight excluding hydrogens is 196 g/mol. The first-order valence-corrected chi connectivity index (χ1v) is 6.94. The monoisotopic (exact) mass is 226 g/mol. The Morgan fingerprint density at radius 2 is 1.94 bits per heavy atom. The van der Waals surface area contributed by atoms with E-state index in [4.69, 9.17) is 5.73 Å². The predicted molar refractivity (Wildman–Crippen MR) is 71.5 cm³/mol. The third-order valence-corrected chi connectivity index (χ3v) is 4.39. The van der Waals surface area contributed by atoms with Gasteiger partial charge in [0.15, 0.2) is 0 Å². The van der Waals surface area contributed by atoms with E-state index in [9.17, 15) is 0 Å². The molecule has 0 aliphatic carbocycles. The topological polar surface area (TPSA) is 29.3 Å². The summed E-state index contributed by atoms with van der Waals surface area (Å²) < 4.78 is 0. The molecule has 1 aliphatic heterocycles. The second-order valence-corrected chi connectivity index (χ2v) is 6.24. The van der Waals surface area contributed by atoms with Crippen LogP contribution in [-0.2, 0) is 0 Å². The Labute approximate surface area is 102 Å². The summed E-state index contributed by atoms with van der Waals surface area (Å²) in [5.74, 6) is 0.728. The first kappa shape index (κ1) is 14.0. The van der Waals surface area contributed by atoms with Crippen molar-refractivity contribution in [1.29, 1.82) is 0 Å². The van der Waals surface area contributed by atoms with Crippen LogP contribution in [0.5, 0.6) is 0 Å². The van der Waals surface area contributed by atoms with Gasteiger partial charge in [-0.25, -0.2) is 0 Å². The van der Waals surface area contributed by atoms with Gasteiger partial charge in [-0.05, 0) is 43.7 Å². The van der Waals surface area contributed by atoms with Gasteiger partial charge in [-0.3, -0.25) is 4.90 Å². The molecule has 2 atom stereocenters. The molecule has 96 valence electrons. The van der Waals surface area contributed by atoms with E-state index in [-0.39, 0.29) is 0 Å². The van der Waals surface area contributed by atoms with Crippen LogP contribution in [0.1, 0.15) is 53.4 Å². The highest BCUT2D eigenvalue weighted by atomic mass is 15.2. The summed E-state index contributed by atoms with van der Waals surface area (Å²) in [4.78, 5) is 2.64. The molecule has 1 saturated heterocycles. The van der Waals surface area contributed by atoms with Crippen molar-refractivity contribution < 1.29 is 0 Å². The normalized spacial score (nSPS) is 26.1. The van der Waals surface area contributed by atoms with E-state index in [0.29, 0.717) is 11.5 Å². The molecule has 0 saturated carbocycles. The highest BCUT2D eigenvalue weighted by Crippen LogP contribution is 2.31. The minimum atomic E-state index is 0.531. The van der Waals surface area contributed by atoms with Crippen LogP contribution in [0.15, 0.2) is 0 Å². The van der Waals surface area contributed by atoms with Gasteiger partial charge >= 0.3 is 0 Å². The highest BCUT2D eigenvalue weighted by Gasteiger charge is 2.28. The van der Waals surface area contributed by atoms with Crippen LogP contribution in [0.3, 0.4) is 0 Å². The fourth-order valence-electron chi connectivity index (χ4n) is 2.79. The summed E-state index contributed by atoms with van der Waals surface area (Å²) in [6, 6.07) is 0.596. The number of nitrogens with zero attached hydrogens (tertiary/aromatic N) is 1.